The molecule has 0 aliphatic rings. The summed E-state index contributed by atoms with van der Waals surface area (Å²) in [7, 11) is -3.88. The first-order chi connectivity index (χ1) is 15.8. The molecule has 0 fully saturated rings. The number of amides is 2. The molecule has 0 heterocycles. The molecule has 11 heteroatoms. The number of rotatable bonds is 10. The fourth-order valence-electron chi connectivity index (χ4n) is 3.16. The number of carbonyl (C=O) groups excluding carboxylic acids is 2. The van der Waals surface area contributed by atoms with Gasteiger partial charge in [-0.2, -0.15) is 0 Å². The highest BCUT2D eigenvalue weighted by atomic mass is 35.5. The fraction of sp³-hybridized carbons (Fsp3) is 0.391. The van der Waals surface area contributed by atoms with Crippen molar-refractivity contribution < 1.29 is 18.0 Å². The van der Waals surface area contributed by atoms with Gasteiger partial charge in [-0.25, -0.2) is 8.42 Å². The highest BCUT2D eigenvalue weighted by Gasteiger charge is 2.30. The van der Waals surface area contributed by atoms with Gasteiger partial charge in [0.2, 0.25) is 21.8 Å². The first-order valence-corrected chi connectivity index (χ1v) is 13.5. The Morgan fingerprint density at radius 3 is 2.12 bits per heavy atom. The molecule has 1 atom stereocenters. The van der Waals surface area contributed by atoms with Crippen molar-refractivity contribution in [3.63, 3.8) is 0 Å². The smallest absolute Gasteiger partial charge is 0.244 e. The number of anilines is 1. The van der Waals surface area contributed by atoms with Crippen molar-refractivity contribution in [2.45, 2.75) is 33.4 Å². The highest BCUT2D eigenvalue weighted by Crippen LogP contribution is 2.27. The van der Waals surface area contributed by atoms with Crippen molar-refractivity contribution in [1.82, 2.24) is 10.2 Å². The van der Waals surface area contributed by atoms with Crippen LogP contribution in [0, 0.1) is 5.92 Å². The van der Waals surface area contributed by atoms with E-state index in [1.807, 2.05) is 13.8 Å². The van der Waals surface area contributed by atoms with Crippen LogP contribution in [0.25, 0.3) is 0 Å². The quantitative estimate of drug-likeness (QED) is 0.470. The fourth-order valence-corrected chi connectivity index (χ4v) is 4.72. The van der Waals surface area contributed by atoms with Crippen LogP contribution in [-0.2, 0) is 26.2 Å². The molecule has 0 spiro atoms. The van der Waals surface area contributed by atoms with E-state index in [1.165, 1.54) is 23.1 Å². The Balaban J connectivity index is 2.40. The minimum Gasteiger partial charge on any atom is -0.354 e. The zero-order valence-corrected chi connectivity index (χ0v) is 22.5. The molecule has 2 aromatic rings. The van der Waals surface area contributed by atoms with E-state index in [0.29, 0.717) is 17.1 Å². The molecule has 2 amide bonds. The van der Waals surface area contributed by atoms with Gasteiger partial charge in [-0.15, -0.1) is 0 Å². The number of hydrogen-bond donors (Lipinski definition) is 1. The third-order valence-corrected chi connectivity index (χ3v) is 6.72. The largest absolute Gasteiger partial charge is 0.354 e. The maximum Gasteiger partial charge on any atom is 0.244 e. The predicted octanol–water partition coefficient (Wildman–Crippen LogP) is 4.60. The molecule has 0 aliphatic carbocycles. The van der Waals surface area contributed by atoms with Gasteiger partial charge >= 0.3 is 0 Å². The second kappa shape index (κ2) is 12.1. The number of halogens is 3. The van der Waals surface area contributed by atoms with Gasteiger partial charge in [0.15, 0.2) is 0 Å². The Kier molecular flexibility index (Phi) is 10.1. The molecular weight excluding hydrogens is 521 g/mol. The average molecular weight is 549 g/mol. The lowest BCUT2D eigenvalue weighted by atomic mass is 10.1. The SMILES string of the molecule is CC(C)CNC(=O)[C@@H](C)N(Cc1cccc(Cl)c1)C(=O)CN(c1cc(Cl)cc(Cl)c1)S(C)(=O)=O. The van der Waals surface area contributed by atoms with Crippen LogP contribution in [0.1, 0.15) is 26.3 Å². The third-order valence-electron chi connectivity index (χ3n) is 4.91. The minimum absolute atomic E-state index is 0.0591. The summed E-state index contributed by atoms with van der Waals surface area (Å²) in [5.74, 6) is -0.698. The summed E-state index contributed by atoms with van der Waals surface area (Å²) < 4.78 is 26.1. The van der Waals surface area contributed by atoms with Gasteiger partial charge in [-0.05, 0) is 48.7 Å². The van der Waals surface area contributed by atoms with E-state index in [1.54, 1.807) is 31.2 Å². The molecule has 7 nitrogen and oxygen atoms in total. The topological polar surface area (TPSA) is 86.8 Å². The van der Waals surface area contributed by atoms with Crippen molar-refractivity contribution in [2.75, 3.05) is 23.7 Å². The molecule has 0 aromatic heterocycles. The molecule has 0 unspecified atom stereocenters. The number of nitrogens with one attached hydrogen (secondary N) is 1. The zero-order valence-electron chi connectivity index (χ0n) is 19.4. The van der Waals surface area contributed by atoms with E-state index in [0.717, 1.165) is 10.6 Å². The average Bonchev–Trinajstić information content (AvgIpc) is 2.71. The van der Waals surface area contributed by atoms with Crippen LogP contribution in [0.15, 0.2) is 42.5 Å². The molecular formula is C23H28Cl3N3O4S. The van der Waals surface area contributed by atoms with Gasteiger partial charge in [0.25, 0.3) is 0 Å². The molecule has 2 rings (SSSR count). The van der Waals surface area contributed by atoms with Crippen molar-refractivity contribution in [3.05, 3.63) is 63.1 Å². The van der Waals surface area contributed by atoms with Crippen LogP contribution >= 0.6 is 34.8 Å². The number of nitrogens with zero attached hydrogens (tertiary/aromatic N) is 2. The van der Waals surface area contributed by atoms with Crippen LogP contribution in [0.5, 0.6) is 0 Å². The molecule has 0 bridgehead atoms. The third kappa shape index (κ3) is 8.34. The molecule has 2 aromatic carbocycles. The van der Waals surface area contributed by atoms with Gasteiger partial charge in [0, 0.05) is 28.2 Å². The Morgan fingerprint density at radius 1 is 0.971 bits per heavy atom. The van der Waals surface area contributed by atoms with Gasteiger partial charge in [0.1, 0.15) is 12.6 Å². The number of sulfonamides is 1. The Hall–Kier alpha value is -2.00. The second-order valence-corrected chi connectivity index (χ2v) is 11.6. The zero-order chi connectivity index (χ0) is 25.6. The summed E-state index contributed by atoms with van der Waals surface area (Å²) in [6, 6.07) is 10.3. The van der Waals surface area contributed by atoms with E-state index in [9.17, 15) is 18.0 Å². The van der Waals surface area contributed by atoms with Crippen LogP contribution in [0.4, 0.5) is 5.69 Å². The molecule has 0 saturated carbocycles. The predicted molar refractivity (Wildman–Crippen MR) is 138 cm³/mol. The summed E-state index contributed by atoms with van der Waals surface area (Å²) in [6.07, 6.45) is 0.981. The Bertz CT molecular complexity index is 1120. The van der Waals surface area contributed by atoms with Gasteiger partial charge < -0.3 is 10.2 Å². The molecule has 0 radical (unpaired) electrons. The number of hydrogen-bond acceptors (Lipinski definition) is 4. The summed E-state index contributed by atoms with van der Waals surface area (Å²) in [5.41, 5.74) is 0.842. The van der Waals surface area contributed by atoms with Crippen LogP contribution in [0.2, 0.25) is 15.1 Å². The van der Waals surface area contributed by atoms with E-state index < -0.39 is 28.5 Å². The lowest BCUT2D eigenvalue weighted by Crippen LogP contribution is -2.51. The van der Waals surface area contributed by atoms with Crippen molar-refractivity contribution in [3.8, 4) is 0 Å². The van der Waals surface area contributed by atoms with Gasteiger partial charge in [0.05, 0.1) is 11.9 Å². The van der Waals surface area contributed by atoms with Crippen LogP contribution < -0.4 is 9.62 Å². The molecule has 186 valence electrons. The number of carbonyl (C=O) groups is 2. The van der Waals surface area contributed by atoms with Crippen molar-refractivity contribution in [2.24, 2.45) is 5.92 Å². The molecule has 0 aliphatic heterocycles. The summed E-state index contributed by atoms with van der Waals surface area (Å²) in [4.78, 5) is 27.6. The first-order valence-electron chi connectivity index (χ1n) is 10.5. The van der Waals surface area contributed by atoms with Crippen LogP contribution in [0.3, 0.4) is 0 Å². The van der Waals surface area contributed by atoms with Gasteiger partial charge in [-0.1, -0.05) is 60.8 Å². The second-order valence-electron chi connectivity index (χ2n) is 8.36. The molecule has 34 heavy (non-hydrogen) atoms. The summed E-state index contributed by atoms with van der Waals surface area (Å²) in [5, 5.41) is 3.74. The lowest BCUT2D eigenvalue weighted by molar-refractivity contribution is -0.139. The van der Waals surface area contributed by atoms with Gasteiger partial charge in [-0.3, -0.25) is 13.9 Å². The van der Waals surface area contributed by atoms with Crippen LogP contribution in [-0.4, -0.2) is 50.5 Å². The maximum absolute atomic E-state index is 13.5. The normalized spacial score (nSPS) is 12.4. The Labute approximate surface area is 216 Å². The molecule has 1 N–H and O–H groups in total. The summed E-state index contributed by atoms with van der Waals surface area (Å²) >= 11 is 18.2. The summed E-state index contributed by atoms with van der Waals surface area (Å²) in [6.45, 7) is 5.47. The lowest BCUT2D eigenvalue weighted by Gasteiger charge is -2.31. The maximum atomic E-state index is 13.5. The number of benzene rings is 2. The highest BCUT2D eigenvalue weighted by molar-refractivity contribution is 7.92. The standard InChI is InChI=1S/C23H28Cl3N3O4S/c1-15(2)12-27-23(31)16(3)28(13-17-6-5-7-18(24)8-17)22(30)14-29(34(4,32)33)21-10-19(25)9-20(26)11-21/h5-11,15-16H,12-14H2,1-4H3,(H,27,31)/t16-/m1/s1. The van der Waals surface area contributed by atoms with E-state index in [4.69, 9.17) is 34.8 Å². The first kappa shape index (κ1) is 28.2. The van der Waals surface area contributed by atoms with E-state index in [-0.39, 0.29) is 34.1 Å². The molecule has 0 saturated heterocycles. The Morgan fingerprint density at radius 2 is 1.59 bits per heavy atom. The monoisotopic (exact) mass is 547 g/mol. The minimum atomic E-state index is -3.88. The van der Waals surface area contributed by atoms with E-state index in [2.05, 4.69) is 5.32 Å². The van der Waals surface area contributed by atoms with Crippen molar-refractivity contribution >= 4 is 62.3 Å². The van der Waals surface area contributed by atoms with Crippen molar-refractivity contribution in [1.29, 1.82) is 0 Å². The van der Waals surface area contributed by atoms with E-state index >= 15 is 0 Å².